The maximum atomic E-state index is 7.75. The van der Waals surface area contributed by atoms with E-state index in [4.69, 9.17) is 13.7 Å². The maximum Gasteiger partial charge on any atom is 0.0490 e. The predicted molar refractivity (Wildman–Crippen MR) is 50.0 cm³/mol. The summed E-state index contributed by atoms with van der Waals surface area (Å²) in [6.45, 7) is -12.9. The smallest absolute Gasteiger partial charge is 0.0490 e. The van der Waals surface area contributed by atoms with Crippen molar-refractivity contribution in [2.75, 3.05) is 17.9 Å². The highest BCUT2D eigenvalue weighted by molar-refractivity contribution is 5.45. The van der Waals surface area contributed by atoms with Gasteiger partial charge in [-0.05, 0) is 25.8 Å². The van der Waals surface area contributed by atoms with E-state index < -0.39 is 26.7 Å². The molecule has 1 aromatic carbocycles. The van der Waals surface area contributed by atoms with Crippen LogP contribution in [0.5, 0.6) is 0 Å². The lowest BCUT2D eigenvalue weighted by atomic mass is 10.3. The molecule has 0 aliphatic carbocycles. The van der Waals surface area contributed by atoms with E-state index in [2.05, 4.69) is 0 Å². The summed E-state index contributed by atoms with van der Waals surface area (Å²) in [7, 11) is 0. The molecule has 0 atom stereocenters. The second kappa shape index (κ2) is 4.02. The van der Waals surface area contributed by atoms with Crippen molar-refractivity contribution >= 4 is 5.69 Å². The second-order valence-corrected chi connectivity index (χ2v) is 1.89. The Kier molecular flexibility index (Phi) is 0.743. The van der Waals surface area contributed by atoms with E-state index in [0.29, 0.717) is 0 Å². The van der Waals surface area contributed by atoms with Gasteiger partial charge in [0.15, 0.2) is 0 Å². The number of anilines is 1. The minimum atomic E-state index is -3.23. The summed E-state index contributed by atoms with van der Waals surface area (Å²) < 4.78 is 74.6. The van der Waals surface area contributed by atoms with Gasteiger partial charge in [0.25, 0.3) is 0 Å². The zero-order valence-electron chi connectivity index (χ0n) is 15.8. The zero-order chi connectivity index (χ0) is 16.7. The molecule has 0 saturated heterocycles. The average molecular weight is 159 g/mol. The number of nitrogens with zero attached hydrogens (tertiary/aromatic N) is 1. The molecule has 0 radical (unpaired) electrons. The Morgan fingerprint density at radius 1 is 1.27 bits per heavy atom. The number of para-hydroxylation sites is 1. The van der Waals surface area contributed by atoms with Crippen molar-refractivity contribution in [1.29, 1.82) is 0 Å². The van der Waals surface area contributed by atoms with Crippen molar-refractivity contribution in [3.05, 3.63) is 30.3 Å². The van der Waals surface area contributed by atoms with Crippen molar-refractivity contribution in [1.82, 2.24) is 0 Å². The van der Waals surface area contributed by atoms with Gasteiger partial charge < -0.3 is 4.90 Å². The third-order valence-electron chi connectivity index (χ3n) is 1.24. The van der Waals surface area contributed by atoms with Crippen molar-refractivity contribution in [3.63, 3.8) is 0 Å². The van der Waals surface area contributed by atoms with E-state index >= 15 is 0 Å². The molecule has 0 amide bonds. The quantitative estimate of drug-likeness (QED) is 0.655. The van der Waals surface area contributed by atoms with Crippen LogP contribution in [0.3, 0.4) is 0 Å². The van der Waals surface area contributed by atoms with E-state index in [-0.39, 0.29) is 10.6 Å². The first-order valence-corrected chi connectivity index (χ1v) is 3.08. The molecule has 0 fully saturated rings. The van der Waals surface area contributed by atoms with Gasteiger partial charge in [-0.3, -0.25) is 0 Å². The summed E-state index contributed by atoms with van der Waals surface area (Å²) in [6.07, 6.45) is 0. The molecule has 0 aliphatic rings. The molecule has 11 heavy (non-hydrogen) atoms. The van der Waals surface area contributed by atoms with Crippen molar-refractivity contribution in [2.24, 2.45) is 0 Å². The van der Waals surface area contributed by atoms with Crippen LogP contribution in [-0.2, 0) is 0 Å². The van der Waals surface area contributed by atoms with E-state index in [0.717, 1.165) is 0 Å². The summed E-state index contributed by atoms with van der Waals surface area (Å²) in [6, 6.07) is 6.96. The first kappa shape index (κ1) is 2.03. The molecule has 0 aromatic heterocycles. The SMILES string of the molecule is [2H]C([2H])([2H])C([2H])([2H])N(c1ccccc1)C([2H])([2H])C([2H])([2H])[2H]. The van der Waals surface area contributed by atoms with E-state index in [1.807, 2.05) is 0 Å². The summed E-state index contributed by atoms with van der Waals surface area (Å²) >= 11 is 0. The molecule has 1 heteroatoms. The van der Waals surface area contributed by atoms with Crippen LogP contribution >= 0.6 is 0 Å². The van der Waals surface area contributed by atoms with Crippen molar-refractivity contribution in [3.8, 4) is 0 Å². The number of hydrogen-bond donors (Lipinski definition) is 0. The van der Waals surface area contributed by atoms with Crippen molar-refractivity contribution < 1.29 is 13.7 Å². The minimum Gasteiger partial charge on any atom is -0.372 e. The topological polar surface area (TPSA) is 3.24 Å². The summed E-state index contributed by atoms with van der Waals surface area (Å²) in [5.74, 6) is 0. The molecule has 60 valence electrons. The standard InChI is InChI=1S/C10H15N/c1-3-11(4-2)10-8-6-5-7-9-10/h5-9H,3-4H2,1-2H3/i1D3,2D3,3D2,4D2. The largest absolute Gasteiger partial charge is 0.372 e. The zero-order valence-corrected chi connectivity index (χ0v) is 5.83. The third kappa shape index (κ3) is 1.97. The predicted octanol–water partition coefficient (Wildman–Crippen LogP) is 2.53. The van der Waals surface area contributed by atoms with Crippen LogP contribution < -0.4 is 4.90 Å². The molecule has 0 heterocycles. The Balaban J connectivity index is 3.54. The summed E-state index contributed by atoms with van der Waals surface area (Å²) in [5.41, 5.74) is -0.167. The fraction of sp³-hybridized carbons (Fsp3) is 0.400. The molecule has 0 saturated carbocycles. The van der Waals surface area contributed by atoms with Gasteiger partial charge in [0.1, 0.15) is 0 Å². The minimum absolute atomic E-state index is 0.167. The molecule has 1 aromatic rings. The van der Waals surface area contributed by atoms with Gasteiger partial charge in [0.05, 0.1) is 0 Å². The van der Waals surface area contributed by atoms with Gasteiger partial charge in [-0.2, -0.15) is 0 Å². The van der Waals surface area contributed by atoms with Crippen LogP contribution in [0.1, 0.15) is 27.4 Å². The second-order valence-electron chi connectivity index (χ2n) is 1.89. The Morgan fingerprint density at radius 2 is 1.91 bits per heavy atom. The van der Waals surface area contributed by atoms with Crippen LogP contribution in [0.15, 0.2) is 30.3 Å². The highest BCUT2D eigenvalue weighted by Crippen LogP contribution is 2.11. The third-order valence-corrected chi connectivity index (χ3v) is 1.24. The van der Waals surface area contributed by atoms with Crippen molar-refractivity contribution in [2.45, 2.75) is 13.7 Å². The Morgan fingerprint density at radius 3 is 2.45 bits per heavy atom. The molecular formula is C10H15N. The van der Waals surface area contributed by atoms with E-state index in [1.165, 1.54) is 24.3 Å². The molecule has 0 aliphatic heterocycles. The molecule has 1 rings (SSSR count). The monoisotopic (exact) mass is 159 g/mol. The first-order chi connectivity index (χ1) is 9.23. The number of benzene rings is 1. The molecule has 1 nitrogen and oxygen atoms in total. The Hall–Kier alpha value is -0.980. The van der Waals surface area contributed by atoms with Gasteiger partial charge in [0, 0.05) is 32.4 Å². The Labute approximate surface area is 82.7 Å². The fourth-order valence-corrected chi connectivity index (χ4v) is 0.734. The molecule has 0 spiro atoms. The van der Waals surface area contributed by atoms with Gasteiger partial charge in [-0.15, -0.1) is 0 Å². The average Bonchev–Trinajstić information content (AvgIpc) is 2.26. The lowest BCUT2D eigenvalue weighted by Gasteiger charge is -2.20. The lowest BCUT2D eigenvalue weighted by molar-refractivity contribution is 0.866. The Bertz CT molecular complexity index is 449. The van der Waals surface area contributed by atoms with Gasteiger partial charge in [-0.1, -0.05) is 18.2 Å². The highest BCUT2D eigenvalue weighted by Gasteiger charge is 1.97. The normalized spacial score (nSPS) is 28.0. The van der Waals surface area contributed by atoms with Crippen LogP contribution in [0.25, 0.3) is 0 Å². The van der Waals surface area contributed by atoms with Crippen LogP contribution in [0.4, 0.5) is 5.69 Å². The van der Waals surface area contributed by atoms with E-state index in [9.17, 15) is 0 Å². The summed E-state index contributed by atoms with van der Waals surface area (Å²) in [5, 5.41) is 0. The molecule has 0 bridgehead atoms. The molecular weight excluding hydrogens is 134 g/mol. The van der Waals surface area contributed by atoms with Gasteiger partial charge in [-0.25, -0.2) is 0 Å². The highest BCUT2D eigenvalue weighted by atomic mass is 15.1. The number of rotatable bonds is 3. The van der Waals surface area contributed by atoms with Gasteiger partial charge in [0.2, 0.25) is 0 Å². The molecule has 0 unspecified atom stereocenters. The van der Waals surface area contributed by atoms with Gasteiger partial charge >= 0.3 is 0 Å². The number of hydrogen-bond acceptors (Lipinski definition) is 1. The summed E-state index contributed by atoms with van der Waals surface area (Å²) in [4.78, 5) is 0.167. The molecule has 0 N–H and O–H groups in total. The lowest BCUT2D eigenvalue weighted by Crippen LogP contribution is -2.21. The van der Waals surface area contributed by atoms with Crippen LogP contribution in [0, 0.1) is 0 Å². The maximum absolute atomic E-state index is 7.75. The van der Waals surface area contributed by atoms with E-state index in [1.54, 1.807) is 6.07 Å². The fourth-order valence-electron chi connectivity index (χ4n) is 0.734. The van der Waals surface area contributed by atoms with Crippen LogP contribution in [0.2, 0.25) is 0 Å². The van der Waals surface area contributed by atoms with Crippen LogP contribution in [-0.4, -0.2) is 13.0 Å². The first-order valence-electron chi connectivity index (χ1n) is 8.08.